The Balaban J connectivity index is 2.58. The summed E-state index contributed by atoms with van der Waals surface area (Å²) in [5.41, 5.74) is 1.93. The molecule has 2 aromatic carbocycles. The van der Waals surface area contributed by atoms with Gasteiger partial charge in [-0.25, -0.2) is 4.79 Å². The summed E-state index contributed by atoms with van der Waals surface area (Å²) in [5.74, 6) is 2.62. The van der Waals surface area contributed by atoms with Crippen molar-refractivity contribution in [2.45, 2.75) is 90.8 Å². The minimum Gasteiger partial charge on any atom is -0.444 e. The molecule has 0 fully saturated rings. The van der Waals surface area contributed by atoms with E-state index in [1.165, 1.54) is 0 Å². The summed E-state index contributed by atoms with van der Waals surface area (Å²) in [5, 5.41) is 5.84. The zero-order valence-electron chi connectivity index (χ0n) is 26.0. The fraction of sp³-hybridized carbons (Fsp3) is 0.500. The van der Waals surface area contributed by atoms with Crippen molar-refractivity contribution in [3.05, 3.63) is 65.2 Å². The van der Waals surface area contributed by atoms with Gasteiger partial charge in [0.1, 0.15) is 17.7 Å². The molecule has 0 bridgehead atoms. The first-order valence-electron chi connectivity index (χ1n) is 14.7. The molecule has 0 heterocycles. The number of alkyl carbamates (subject to hydrolysis) is 1. The van der Waals surface area contributed by atoms with Crippen molar-refractivity contribution >= 4 is 35.4 Å². The Morgan fingerprint density at radius 3 is 2.33 bits per heavy atom. The summed E-state index contributed by atoms with van der Waals surface area (Å²) in [6.45, 7) is 9.72. The second-order valence-electron chi connectivity index (χ2n) is 11.4. The van der Waals surface area contributed by atoms with Gasteiger partial charge in [-0.05, 0) is 75.8 Å². The molecule has 3 amide bonds. The maximum Gasteiger partial charge on any atom is 0.408 e. The highest BCUT2D eigenvalue weighted by molar-refractivity contribution is 7.98. The van der Waals surface area contributed by atoms with Crippen LogP contribution in [0, 0.1) is 19.3 Å². The van der Waals surface area contributed by atoms with Gasteiger partial charge in [-0.1, -0.05) is 74.9 Å². The number of nitrogens with one attached hydrogen (secondary N) is 2. The number of hydrogen-bond donors (Lipinski definition) is 2. The molecule has 0 aromatic heterocycles. The molecule has 7 nitrogen and oxygen atoms in total. The van der Waals surface area contributed by atoms with E-state index in [-0.39, 0.29) is 11.8 Å². The summed E-state index contributed by atoms with van der Waals surface area (Å²) in [4.78, 5) is 43.0. The average molecular weight is 594 g/mol. The zero-order valence-corrected chi connectivity index (χ0v) is 26.8. The van der Waals surface area contributed by atoms with Crippen LogP contribution < -0.4 is 10.6 Å². The Labute approximate surface area is 256 Å². The van der Waals surface area contributed by atoms with E-state index < -0.39 is 23.8 Å². The lowest BCUT2D eigenvalue weighted by Gasteiger charge is -2.35. The number of anilines is 1. The maximum atomic E-state index is 14.4. The number of benzene rings is 2. The number of aryl methyl sites for hydroxylation is 1. The highest BCUT2D eigenvalue weighted by atomic mass is 32.2. The van der Waals surface area contributed by atoms with Gasteiger partial charge in [0.2, 0.25) is 5.91 Å². The number of hydrogen-bond acceptors (Lipinski definition) is 5. The molecule has 0 saturated heterocycles. The molecular formula is C34H47N3O4S. The first kappa shape index (κ1) is 34.8. The van der Waals surface area contributed by atoms with Gasteiger partial charge in [0.25, 0.3) is 5.91 Å². The Kier molecular flexibility index (Phi) is 14.5. The van der Waals surface area contributed by atoms with E-state index in [9.17, 15) is 14.4 Å². The number of unbranched alkanes of at least 4 members (excludes halogenated alkanes) is 4. The molecule has 0 saturated carbocycles. The number of amides is 3. The van der Waals surface area contributed by atoms with E-state index in [4.69, 9.17) is 11.2 Å². The van der Waals surface area contributed by atoms with E-state index in [1.807, 2.05) is 49.6 Å². The molecule has 228 valence electrons. The number of terminal acetylenes is 1. The topological polar surface area (TPSA) is 87.7 Å². The van der Waals surface area contributed by atoms with Crippen molar-refractivity contribution in [1.29, 1.82) is 0 Å². The summed E-state index contributed by atoms with van der Waals surface area (Å²) < 4.78 is 5.49. The third kappa shape index (κ3) is 11.1. The molecule has 2 aromatic rings. The lowest BCUT2D eigenvalue weighted by Crippen LogP contribution is -2.53. The highest BCUT2D eigenvalue weighted by Crippen LogP contribution is 2.29. The first-order valence-corrected chi connectivity index (χ1v) is 16.1. The number of carbonyl (C=O) groups is 3. The van der Waals surface area contributed by atoms with Crippen molar-refractivity contribution in [3.8, 4) is 12.3 Å². The molecule has 0 spiro atoms. The van der Waals surface area contributed by atoms with Crippen LogP contribution in [0.25, 0.3) is 0 Å². The van der Waals surface area contributed by atoms with E-state index in [0.717, 1.165) is 31.2 Å². The van der Waals surface area contributed by atoms with Crippen LogP contribution in [0.5, 0.6) is 0 Å². The van der Waals surface area contributed by atoms with Crippen molar-refractivity contribution in [2.24, 2.45) is 0 Å². The standard InChI is InChI=1S/C34H47N3O4S/c1-8-10-11-12-17-23-37(32(39)29(22-24-42-7)36-33(40)41-34(4,5)6)30(27-20-15-14-19-26(27)9-2)31(38)35-28-21-16-13-18-25(28)3/h2,13-16,18-21,29-30H,8,10-12,17,22-24H2,1,3-7H3,(H,35,38)(H,36,40). The van der Waals surface area contributed by atoms with Gasteiger partial charge in [0.05, 0.1) is 0 Å². The van der Waals surface area contributed by atoms with Crippen LogP contribution in [-0.4, -0.2) is 53.0 Å². The molecule has 0 aliphatic carbocycles. The van der Waals surface area contributed by atoms with Gasteiger partial charge in [-0.15, -0.1) is 6.42 Å². The predicted octanol–water partition coefficient (Wildman–Crippen LogP) is 7.10. The van der Waals surface area contributed by atoms with Crippen LogP contribution in [-0.2, 0) is 14.3 Å². The van der Waals surface area contributed by atoms with Crippen molar-refractivity contribution in [1.82, 2.24) is 10.2 Å². The summed E-state index contributed by atoms with van der Waals surface area (Å²) >= 11 is 1.58. The van der Waals surface area contributed by atoms with Gasteiger partial charge in [-0.2, -0.15) is 11.8 Å². The SMILES string of the molecule is C#Cc1ccccc1C(C(=O)Nc1ccccc1C)N(CCCCCCC)C(=O)C(CCSC)NC(=O)OC(C)(C)C. The summed E-state index contributed by atoms with van der Waals surface area (Å²) in [6.07, 6.45) is 12.4. The molecule has 0 radical (unpaired) electrons. The number of rotatable bonds is 15. The lowest BCUT2D eigenvalue weighted by atomic mass is 9.96. The summed E-state index contributed by atoms with van der Waals surface area (Å²) in [6, 6.07) is 12.8. The molecule has 8 heteroatoms. The van der Waals surface area contributed by atoms with E-state index in [0.29, 0.717) is 42.0 Å². The minimum absolute atomic E-state index is 0.332. The summed E-state index contributed by atoms with van der Waals surface area (Å²) in [7, 11) is 0. The van der Waals surface area contributed by atoms with Gasteiger partial charge >= 0.3 is 6.09 Å². The Morgan fingerprint density at radius 1 is 1.02 bits per heavy atom. The smallest absolute Gasteiger partial charge is 0.408 e. The van der Waals surface area contributed by atoms with Gasteiger partial charge < -0.3 is 20.3 Å². The Bertz CT molecular complexity index is 1220. The predicted molar refractivity (Wildman–Crippen MR) is 174 cm³/mol. The van der Waals surface area contributed by atoms with Crippen LogP contribution in [0.3, 0.4) is 0 Å². The monoisotopic (exact) mass is 593 g/mol. The molecular weight excluding hydrogens is 546 g/mol. The van der Waals surface area contributed by atoms with Crippen molar-refractivity contribution in [2.75, 3.05) is 23.9 Å². The van der Waals surface area contributed by atoms with Crippen LogP contribution in [0.4, 0.5) is 10.5 Å². The van der Waals surface area contributed by atoms with E-state index in [1.54, 1.807) is 49.6 Å². The molecule has 2 rings (SSSR count). The number of para-hydroxylation sites is 1. The maximum absolute atomic E-state index is 14.4. The van der Waals surface area contributed by atoms with E-state index in [2.05, 4.69) is 23.5 Å². The quantitative estimate of drug-likeness (QED) is 0.170. The second-order valence-corrected chi connectivity index (χ2v) is 12.4. The van der Waals surface area contributed by atoms with Gasteiger partial charge in [0.15, 0.2) is 0 Å². The highest BCUT2D eigenvalue weighted by Gasteiger charge is 2.37. The number of ether oxygens (including phenoxy) is 1. The minimum atomic E-state index is -1.01. The van der Waals surface area contributed by atoms with E-state index >= 15 is 0 Å². The molecule has 2 unspecified atom stereocenters. The van der Waals surface area contributed by atoms with Crippen molar-refractivity contribution < 1.29 is 19.1 Å². The van der Waals surface area contributed by atoms with Crippen LogP contribution >= 0.6 is 11.8 Å². The fourth-order valence-electron chi connectivity index (χ4n) is 4.63. The number of carbonyl (C=O) groups excluding carboxylic acids is 3. The Morgan fingerprint density at radius 2 is 1.69 bits per heavy atom. The molecule has 2 atom stereocenters. The zero-order chi connectivity index (χ0) is 31.1. The third-order valence-electron chi connectivity index (χ3n) is 6.76. The van der Waals surface area contributed by atoms with Crippen LogP contribution in [0.2, 0.25) is 0 Å². The third-order valence-corrected chi connectivity index (χ3v) is 7.40. The molecule has 0 aliphatic rings. The first-order chi connectivity index (χ1) is 20.0. The van der Waals surface area contributed by atoms with Crippen LogP contribution in [0.1, 0.15) is 89.0 Å². The number of thioether (sulfide) groups is 1. The molecule has 42 heavy (non-hydrogen) atoms. The largest absolute Gasteiger partial charge is 0.444 e. The molecule has 0 aliphatic heterocycles. The second kappa shape index (κ2) is 17.5. The fourth-order valence-corrected chi connectivity index (χ4v) is 5.10. The number of nitrogens with zero attached hydrogens (tertiary/aromatic N) is 1. The van der Waals surface area contributed by atoms with Gasteiger partial charge in [0, 0.05) is 17.8 Å². The normalized spacial score (nSPS) is 12.5. The van der Waals surface area contributed by atoms with Gasteiger partial charge in [-0.3, -0.25) is 9.59 Å². The van der Waals surface area contributed by atoms with Crippen molar-refractivity contribution in [3.63, 3.8) is 0 Å². The lowest BCUT2D eigenvalue weighted by molar-refractivity contribution is -0.141. The molecule has 2 N–H and O–H groups in total. The average Bonchev–Trinajstić information content (AvgIpc) is 2.94. The van der Waals surface area contributed by atoms with Crippen LogP contribution in [0.15, 0.2) is 48.5 Å². The Hall–Kier alpha value is -3.44.